The number of nitrogens with zero attached hydrogens (tertiary/aromatic N) is 3. The molecule has 12 heteroatoms. The maximum Gasteiger partial charge on any atom is 0.343 e. The summed E-state index contributed by atoms with van der Waals surface area (Å²) in [7, 11) is 0. The zero-order chi connectivity index (χ0) is 30.8. The number of hydrogen-bond donors (Lipinski definition) is 0. The fourth-order valence-corrected chi connectivity index (χ4v) is 5.67. The second-order valence-corrected chi connectivity index (χ2v) is 11.5. The maximum atomic E-state index is 13.7. The number of nitro benzene ring substituents is 1. The molecule has 0 N–H and O–H groups in total. The Labute approximate surface area is 254 Å². The molecule has 5 rings (SSSR count). The van der Waals surface area contributed by atoms with Crippen LogP contribution in [0.5, 0.6) is 5.75 Å². The van der Waals surface area contributed by atoms with Gasteiger partial charge in [0.05, 0.1) is 22.3 Å². The lowest BCUT2D eigenvalue weighted by Crippen LogP contribution is -2.52. The van der Waals surface area contributed by atoms with Crippen LogP contribution in [0.4, 0.5) is 5.69 Å². The third-order valence-electron chi connectivity index (χ3n) is 7.73. The van der Waals surface area contributed by atoms with Gasteiger partial charge < -0.3 is 4.74 Å². The van der Waals surface area contributed by atoms with Crippen molar-refractivity contribution in [2.75, 3.05) is 6.54 Å². The predicted molar refractivity (Wildman–Crippen MR) is 156 cm³/mol. The highest BCUT2D eigenvalue weighted by Crippen LogP contribution is 2.41. The highest BCUT2D eigenvalue weighted by molar-refractivity contribution is 9.10. The van der Waals surface area contributed by atoms with Gasteiger partial charge in [-0.3, -0.25) is 29.3 Å². The monoisotopic (exact) mass is 647 g/mol. The molecular weight excluding hydrogens is 622 g/mol. The number of esters is 1. The second-order valence-electron chi connectivity index (χ2n) is 10.6. The molecule has 0 spiro atoms. The summed E-state index contributed by atoms with van der Waals surface area (Å²) in [6.07, 6.45) is 1.77. The van der Waals surface area contributed by atoms with Gasteiger partial charge in [0.15, 0.2) is 5.78 Å². The normalized spacial score (nSPS) is 19.5. The first kappa shape index (κ1) is 29.8. The molecule has 2 aliphatic rings. The minimum absolute atomic E-state index is 0.0301. The lowest BCUT2D eigenvalue weighted by atomic mass is 9.76. The molecule has 0 bridgehead atoms. The van der Waals surface area contributed by atoms with Crippen molar-refractivity contribution in [3.05, 3.63) is 104 Å². The first-order valence-corrected chi connectivity index (χ1v) is 14.4. The van der Waals surface area contributed by atoms with Gasteiger partial charge >= 0.3 is 5.97 Å². The van der Waals surface area contributed by atoms with Gasteiger partial charge in [-0.1, -0.05) is 22.9 Å². The van der Waals surface area contributed by atoms with E-state index in [2.05, 4.69) is 15.9 Å². The summed E-state index contributed by atoms with van der Waals surface area (Å²) in [5.74, 6) is -3.82. The van der Waals surface area contributed by atoms with Crippen LogP contribution in [-0.4, -0.2) is 51.0 Å². The van der Waals surface area contributed by atoms with E-state index < -0.39 is 52.8 Å². The number of carbonyl (C=O) groups is 5. The SMILES string of the molecule is C[C@@H]1CC[C@@H]2C(=O)N(N(CC(=O)c3ccc(OC(=O)c4ccc(Br)cc4)cc3)C(=O)c3ccc([N+](=O)[O-])cc3)C(=O)[C@@H]2C1. The molecule has 3 atom stereocenters. The number of nitro groups is 1. The third kappa shape index (κ3) is 6.24. The van der Waals surface area contributed by atoms with Gasteiger partial charge in [-0.25, -0.2) is 9.80 Å². The number of amides is 3. The quantitative estimate of drug-likeness (QED) is 0.0806. The molecule has 0 radical (unpaired) electrons. The van der Waals surface area contributed by atoms with Crippen LogP contribution >= 0.6 is 15.9 Å². The molecule has 43 heavy (non-hydrogen) atoms. The van der Waals surface area contributed by atoms with Crippen molar-refractivity contribution < 1.29 is 33.6 Å². The van der Waals surface area contributed by atoms with Crippen molar-refractivity contribution >= 4 is 51.1 Å². The molecule has 1 aliphatic heterocycles. The van der Waals surface area contributed by atoms with Crippen molar-refractivity contribution in [2.45, 2.75) is 26.2 Å². The number of hydrazine groups is 1. The zero-order valence-corrected chi connectivity index (χ0v) is 24.6. The number of imide groups is 1. The molecule has 1 saturated carbocycles. The molecule has 11 nitrogen and oxygen atoms in total. The number of rotatable bonds is 8. The molecule has 2 fully saturated rings. The number of carbonyl (C=O) groups excluding carboxylic acids is 5. The molecule has 1 aliphatic carbocycles. The van der Waals surface area contributed by atoms with Crippen molar-refractivity contribution in [1.82, 2.24) is 10.0 Å². The summed E-state index contributed by atoms with van der Waals surface area (Å²) in [5, 5.41) is 12.7. The molecule has 0 unspecified atom stereocenters. The first-order chi connectivity index (χ1) is 20.5. The Morgan fingerprint density at radius 1 is 0.884 bits per heavy atom. The van der Waals surface area contributed by atoms with Crippen molar-refractivity contribution in [1.29, 1.82) is 0 Å². The Balaban J connectivity index is 1.38. The van der Waals surface area contributed by atoms with E-state index in [1.807, 2.05) is 6.92 Å². The Morgan fingerprint density at radius 2 is 1.47 bits per heavy atom. The van der Waals surface area contributed by atoms with E-state index in [9.17, 15) is 34.1 Å². The van der Waals surface area contributed by atoms with Crippen LogP contribution in [0.15, 0.2) is 77.3 Å². The molecule has 3 amide bonds. The van der Waals surface area contributed by atoms with E-state index in [4.69, 9.17) is 4.74 Å². The second kappa shape index (κ2) is 12.3. The van der Waals surface area contributed by atoms with E-state index in [1.165, 1.54) is 36.4 Å². The van der Waals surface area contributed by atoms with Gasteiger partial charge in [0.2, 0.25) is 0 Å². The van der Waals surface area contributed by atoms with Gasteiger partial charge in [-0.2, -0.15) is 5.01 Å². The van der Waals surface area contributed by atoms with Gasteiger partial charge in [-0.05, 0) is 85.8 Å². The maximum absolute atomic E-state index is 13.7. The number of fused-ring (bicyclic) bond motifs is 1. The molecule has 3 aromatic rings. The summed E-state index contributed by atoms with van der Waals surface area (Å²) in [6.45, 7) is 1.36. The summed E-state index contributed by atoms with van der Waals surface area (Å²) in [4.78, 5) is 76.9. The van der Waals surface area contributed by atoms with E-state index in [0.29, 0.717) is 18.4 Å². The number of non-ortho nitro benzene ring substituents is 1. The Bertz CT molecular complexity index is 1610. The highest BCUT2D eigenvalue weighted by atomic mass is 79.9. The average Bonchev–Trinajstić information content (AvgIpc) is 3.24. The smallest absolute Gasteiger partial charge is 0.343 e. The molecule has 1 heterocycles. The van der Waals surface area contributed by atoms with Crippen LogP contribution in [0.25, 0.3) is 0 Å². The minimum Gasteiger partial charge on any atom is -0.423 e. The van der Waals surface area contributed by atoms with Crippen molar-refractivity contribution in [3.63, 3.8) is 0 Å². The average molecular weight is 648 g/mol. The topological polar surface area (TPSA) is 144 Å². The molecule has 0 aromatic heterocycles. The van der Waals surface area contributed by atoms with Gasteiger partial charge in [0.1, 0.15) is 12.3 Å². The fraction of sp³-hybridized carbons (Fsp3) is 0.258. The first-order valence-electron chi connectivity index (χ1n) is 13.6. The van der Waals surface area contributed by atoms with Crippen molar-refractivity contribution in [3.8, 4) is 5.75 Å². The largest absolute Gasteiger partial charge is 0.423 e. The molecule has 1 saturated heterocycles. The predicted octanol–water partition coefficient (Wildman–Crippen LogP) is 5.24. The Hall–Kier alpha value is -4.71. The molecular formula is C31H26BrN3O8. The number of halogens is 1. The number of ketones is 1. The number of ether oxygens (including phenoxy) is 1. The number of benzene rings is 3. The summed E-state index contributed by atoms with van der Waals surface area (Å²) < 4.78 is 6.18. The Kier molecular flexibility index (Phi) is 8.49. The number of Topliss-reactive ketones (excluding diaryl/α,β-unsaturated/α-hetero) is 1. The summed E-state index contributed by atoms with van der Waals surface area (Å²) in [5.41, 5.74) is 0.208. The van der Waals surface area contributed by atoms with Crippen molar-refractivity contribution in [2.24, 2.45) is 17.8 Å². The highest BCUT2D eigenvalue weighted by Gasteiger charge is 2.52. The molecule has 3 aromatic carbocycles. The van der Waals surface area contributed by atoms with Gasteiger partial charge in [0, 0.05) is 27.7 Å². The van der Waals surface area contributed by atoms with E-state index in [-0.39, 0.29) is 28.5 Å². The minimum atomic E-state index is -0.823. The fourth-order valence-electron chi connectivity index (χ4n) is 5.41. The lowest BCUT2D eigenvalue weighted by molar-refractivity contribution is -0.384. The van der Waals surface area contributed by atoms with Gasteiger partial charge in [-0.15, -0.1) is 0 Å². The van der Waals surface area contributed by atoms with E-state index in [0.717, 1.165) is 33.0 Å². The van der Waals surface area contributed by atoms with Crippen LogP contribution in [0.3, 0.4) is 0 Å². The van der Waals surface area contributed by atoms with Crippen LogP contribution in [0.2, 0.25) is 0 Å². The standard InChI is InChI=1S/C31H26BrN3O8/c1-18-2-15-25-26(16-18)30(39)34(29(25)38)33(28(37)20-5-11-23(12-6-20)35(41)42)17-27(36)19-7-13-24(14-8-19)43-31(40)21-3-9-22(32)10-4-21/h3-14,18,25-26H,2,15-17H2,1H3/t18-,25+,26-/m1/s1. The molecule has 220 valence electrons. The van der Waals surface area contributed by atoms with Crippen LogP contribution in [0, 0.1) is 27.9 Å². The van der Waals surface area contributed by atoms with Gasteiger partial charge in [0.25, 0.3) is 23.4 Å². The Morgan fingerprint density at radius 3 is 2.09 bits per heavy atom. The van der Waals surface area contributed by atoms with Crippen LogP contribution in [-0.2, 0) is 9.59 Å². The summed E-state index contributed by atoms with van der Waals surface area (Å²) in [6, 6.07) is 17.0. The lowest BCUT2D eigenvalue weighted by Gasteiger charge is -2.30. The summed E-state index contributed by atoms with van der Waals surface area (Å²) >= 11 is 3.30. The third-order valence-corrected chi connectivity index (χ3v) is 8.25. The number of hydrogen-bond acceptors (Lipinski definition) is 8. The zero-order valence-electron chi connectivity index (χ0n) is 23.0. The van der Waals surface area contributed by atoms with Crippen LogP contribution < -0.4 is 4.74 Å². The van der Waals surface area contributed by atoms with Crippen LogP contribution in [0.1, 0.15) is 57.3 Å². The van der Waals surface area contributed by atoms with E-state index >= 15 is 0 Å². The van der Waals surface area contributed by atoms with E-state index in [1.54, 1.807) is 24.3 Å².